The van der Waals surface area contributed by atoms with Gasteiger partial charge in [-0.15, -0.1) is 0 Å². The van der Waals surface area contributed by atoms with Crippen LogP contribution in [0.15, 0.2) is 80.6 Å². The normalized spacial score (nSPS) is 22.6. The Hall–Kier alpha value is -4.97. The van der Waals surface area contributed by atoms with Gasteiger partial charge in [-0.05, 0) is 130 Å². The van der Waals surface area contributed by atoms with Crippen LogP contribution in [0.1, 0.15) is 114 Å². The largest absolute Gasteiger partial charge is 0.457 e. The van der Waals surface area contributed by atoms with Crippen molar-refractivity contribution in [2.24, 2.45) is 0 Å². The van der Waals surface area contributed by atoms with Crippen LogP contribution in [-0.4, -0.2) is 32.4 Å². The molecule has 0 aliphatic carbocycles. The number of fused-ring (bicyclic) bond motifs is 2. The maximum absolute atomic E-state index is 14.1. The van der Waals surface area contributed by atoms with E-state index in [2.05, 4.69) is 88.2 Å². The standard InChI is InChI=1S/C47H50F3N3O3/c1-43(2)14-18-52-19-15-44(3,4)35-23-28(22-34(43)38(35)52)10-12-32-25-31(41(51-9)47(48,49)50)26-33(55-32)13-11-29-24-30-27-36-39-37(40(30)56-42(29)54)46(7,8)17-21-53(39)20-16-45(36,5)6/h10-13,22-27H,14-21H2,1-8H3/b12-10+,13-11+,41-31+. The lowest BCUT2D eigenvalue weighted by Gasteiger charge is -2.48. The molecule has 0 fully saturated rings. The van der Waals surface area contributed by atoms with Gasteiger partial charge in [0.25, 0.3) is 5.70 Å². The molecular formula is C47H50F3N3O3. The van der Waals surface area contributed by atoms with E-state index in [1.54, 1.807) is 12.1 Å². The molecule has 0 N–H and O–H groups in total. The minimum absolute atomic E-state index is 0.0368. The number of alkyl halides is 3. The lowest BCUT2D eigenvalue weighted by atomic mass is 9.69. The Morgan fingerprint density at radius 3 is 1.75 bits per heavy atom. The van der Waals surface area contributed by atoms with E-state index in [-0.39, 0.29) is 44.3 Å². The molecule has 3 aromatic rings. The van der Waals surface area contributed by atoms with Crippen molar-refractivity contribution < 1.29 is 22.3 Å². The predicted molar refractivity (Wildman–Crippen MR) is 219 cm³/mol. The van der Waals surface area contributed by atoms with Gasteiger partial charge < -0.3 is 19.0 Å². The monoisotopic (exact) mass is 761 g/mol. The topological polar surface area (TPSA) is 50.3 Å². The van der Waals surface area contributed by atoms with Crippen molar-refractivity contribution in [3.8, 4) is 0 Å². The summed E-state index contributed by atoms with van der Waals surface area (Å²) in [5.41, 5.74) is 6.49. The van der Waals surface area contributed by atoms with Crippen molar-refractivity contribution in [2.75, 3.05) is 36.0 Å². The van der Waals surface area contributed by atoms with Gasteiger partial charge in [-0.1, -0.05) is 61.5 Å². The average Bonchev–Trinajstić information content (AvgIpc) is 3.11. The van der Waals surface area contributed by atoms with Gasteiger partial charge >= 0.3 is 11.8 Å². The van der Waals surface area contributed by atoms with E-state index < -0.39 is 17.5 Å². The van der Waals surface area contributed by atoms with Crippen LogP contribution in [0.3, 0.4) is 0 Å². The molecule has 5 aliphatic rings. The molecule has 1 aromatic heterocycles. The van der Waals surface area contributed by atoms with Crippen molar-refractivity contribution >= 4 is 34.5 Å². The summed E-state index contributed by atoms with van der Waals surface area (Å²) in [7, 11) is 0. The van der Waals surface area contributed by atoms with E-state index in [0.29, 0.717) is 5.58 Å². The first kappa shape index (κ1) is 37.9. The molecule has 0 spiro atoms. The third-order valence-corrected chi connectivity index (χ3v) is 13.0. The Balaban J connectivity index is 1.18. The molecule has 292 valence electrons. The lowest BCUT2D eigenvalue weighted by molar-refractivity contribution is -0.0889. The number of hydrogen-bond donors (Lipinski definition) is 0. The number of anilines is 2. The van der Waals surface area contributed by atoms with Crippen LogP contribution in [0.25, 0.3) is 28.0 Å². The summed E-state index contributed by atoms with van der Waals surface area (Å²) in [5.74, 6) is 0.202. The Morgan fingerprint density at radius 2 is 1.21 bits per heavy atom. The second-order valence-electron chi connectivity index (χ2n) is 18.8. The number of benzene rings is 2. The molecule has 0 bridgehead atoms. The fraction of sp³-hybridized carbons (Fsp3) is 0.447. The summed E-state index contributed by atoms with van der Waals surface area (Å²) in [6.07, 6.45) is 8.08. The molecule has 2 aromatic carbocycles. The number of allylic oxidation sites excluding steroid dienone is 6. The average molecular weight is 762 g/mol. The second kappa shape index (κ2) is 12.8. The molecule has 0 saturated carbocycles. The van der Waals surface area contributed by atoms with Crippen molar-refractivity contribution in [2.45, 2.75) is 109 Å². The number of ether oxygens (including phenoxy) is 1. The lowest BCUT2D eigenvalue weighted by Crippen LogP contribution is -2.44. The third kappa shape index (κ3) is 6.39. The van der Waals surface area contributed by atoms with E-state index >= 15 is 0 Å². The SMILES string of the molecule is [C-]#[N+]/C(=C1C=C(/C=C/c2cc3c4c(c2)C(C)(C)CCN4CCC3(C)C)OC(/C=C/c2cc3cc4c5c(c3oc2=O)C(C)(C)CCN5CCC4(C)C)=C\1)C(F)(F)F. The zero-order valence-corrected chi connectivity index (χ0v) is 33.6. The van der Waals surface area contributed by atoms with Crippen LogP contribution in [0.5, 0.6) is 0 Å². The quantitative estimate of drug-likeness (QED) is 0.196. The van der Waals surface area contributed by atoms with Crippen molar-refractivity contribution in [3.05, 3.63) is 127 Å². The van der Waals surface area contributed by atoms with E-state index in [4.69, 9.17) is 15.7 Å². The van der Waals surface area contributed by atoms with Crippen molar-refractivity contribution in [1.29, 1.82) is 0 Å². The van der Waals surface area contributed by atoms with Crippen molar-refractivity contribution in [3.63, 3.8) is 0 Å². The summed E-state index contributed by atoms with van der Waals surface area (Å²) >= 11 is 0. The molecular weight excluding hydrogens is 712 g/mol. The number of hydrogen-bond acceptors (Lipinski definition) is 5. The third-order valence-electron chi connectivity index (χ3n) is 13.0. The number of halogens is 3. The maximum atomic E-state index is 14.1. The molecule has 0 atom stereocenters. The Morgan fingerprint density at radius 1 is 0.714 bits per heavy atom. The first-order chi connectivity index (χ1) is 26.2. The molecule has 6 heterocycles. The smallest absolute Gasteiger partial charge is 0.420 e. The van der Waals surface area contributed by atoms with Gasteiger partial charge in [0.2, 0.25) is 0 Å². The first-order valence-corrected chi connectivity index (χ1v) is 19.7. The van der Waals surface area contributed by atoms with Gasteiger partial charge in [0.15, 0.2) is 0 Å². The maximum Gasteiger partial charge on any atom is 0.420 e. The summed E-state index contributed by atoms with van der Waals surface area (Å²) < 4.78 is 54.7. The van der Waals surface area contributed by atoms with Gasteiger partial charge in [-0.25, -0.2) is 9.64 Å². The summed E-state index contributed by atoms with van der Waals surface area (Å²) in [6.45, 7) is 29.3. The summed E-state index contributed by atoms with van der Waals surface area (Å²) in [4.78, 5) is 21.4. The van der Waals surface area contributed by atoms with Gasteiger partial charge in [0, 0.05) is 48.5 Å². The van der Waals surface area contributed by atoms with E-state index in [1.165, 1.54) is 52.4 Å². The van der Waals surface area contributed by atoms with Crippen LogP contribution in [0, 0.1) is 6.57 Å². The van der Waals surface area contributed by atoms with Gasteiger partial charge in [-0.2, -0.15) is 13.2 Å². The highest BCUT2D eigenvalue weighted by atomic mass is 19.4. The minimum Gasteiger partial charge on any atom is -0.457 e. The zero-order chi connectivity index (χ0) is 40.2. The Bertz CT molecular complexity index is 2400. The van der Waals surface area contributed by atoms with Crippen LogP contribution in [-0.2, 0) is 26.4 Å². The van der Waals surface area contributed by atoms with Crippen molar-refractivity contribution in [1.82, 2.24) is 0 Å². The minimum atomic E-state index is -4.87. The molecule has 0 saturated heterocycles. The van der Waals surface area contributed by atoms with E-state index in [0.717, 1.165) is 68.4 Å². The van der Waals surface area contributed by atoms with Crippen LogP contribution < -0.4 is 15.4 Å². The first-order valence-electron chi connectivity index (χ1n) is 19.7. The van der Waals surface area contributed by atoms with E-state index in [9.17, 15) is 18.0 Å². The van der Waals surface area contributed by atoms with Crippen LogP contribution in [0.2, 0.25) is 0 Å². The molecule has 8 rings (SSSR count). The van der Waals surface area contributed by atoms with Crippen LogP contribution in [0.4, 0.5) is 24.5 Å². The molecule has 5 aliphatic heterocycles. The molecule has 56 heavy (non-hydrogen) atoms. The van der Waals surface area contributed by atoms with E-state index in [1.807, 2.05) is 6.08 Å². The molecule has 0 unspecified atom stereocenters. The summed E-state index contributed by atoms with van der Waals surface area (Å²) in [6, 6.07) is 8.30. The molecule has 9 heteroatoms. The van der Waals surface area contributed by atoms with Gasteiger partial charge in [0.05, 0.1) is 12.1 Å². The second-order valence-corrected chi connectivity index (χ2v) is 18.8. The van der Waals surface area contributed by atoms with Crippen LogP contribution >= 0.6 is 0 Å². The Kier molecular flexibility index (Phi) is 8.65. The highest BCUT2D eigenvalue weighted by molar-refractivity contribution is 5.91. The highest BCUT2D eigenvalue weighted by Crippen LogP contribution is 2.52. The van der Waals surface area contributed by atoms with Gasteiger partial charge in [0.1, 0.15) is 17.1 Å². The number of nitrogens with zero attached hydrogens (tertiary/aromatic N) is 3. The molecule has 6 nitrogen and oxygen atoms in total. The van der Waals surface area contributed by atoms with Gasteiger partial charge in [-0.3, -0.25) is 0 Å². The fourth-order valence-corrected chi connectivity index (χ4v) is 9.33. The Labute approximate surface area is 327 Å². The summed E-state index contributed by atoms with van der Waals surface area (Å²) in [5, 5.41) is 0.802. The molecule has 0 radical (unpaired) electrons. The predicted octanol–water partition coefficient (Wildman–Crippen LogP) is 11.4. The number of rotatable bonds is 4. The highest BCUT2D eigenvalue weighted by Gasteiger charge is 2.43. The zero-order valence-electron chi connectivity index (χ0n) is 33.6. The molecule has 0 amide bonds. The fourth-order valence-electron chi connectivity index (χ4n) is 9.33.